The van der Waals surface area contributed by atoms with Crippen LogP contribution in [0.1, 0.15) is 11.1 Å². The molecule has 3 heterocycles. The van der Waals surface area contributed by atoms with E-state index in [9.17, 15) is 0 Å². The van der Waals surface area contributed by atoms with Gasteiger partial charge < -0.3 is 4.57 Å². The fourth-order valence-electron chi connectivity index (χ4n) is 4.23. The Hall–Kier alpha value is -4.86. The second-order valence-corrected chi connectivity index (χ2v) is 8.19. The van der Waals surface area contributed by atoms with Crippen molar-refractivity contribution in [2.45, 2.75) is 13.0 Å². The maximum atomic E-state index is 9.14. The first kappa shape index (κ1) is 26.2. The maximum absolute atomic E-state index is 9.14. The fourth-order valence-corrected chi connectivity index (χ4v) is 4.23. The van der Waals surface area contributed by atoms with E-state index in [4.69, 9.17) is 18.4 Å². The smallest absolute Gasteiger partial charge is 0.181 e. The Morgan fingerprint density at radius 2 is 1.76 bits per heavy atom. The number of hydrogen-bond donors (Lipinski definition) is 0. The van der Waals surface area contributed by atoms with Crippen LogP contribution in [0.4, 0.5) is 11.4 Å². The zero-order chi connectivity index (χ0) is 25.6. The van der Waals surface area contributed by atoms with Gasteiger partial charge in [-0.15, -0.1) is 47.5 Å². The van der Waals surface area contributed by atoms with Gasteiger partial charge in [0.1, 0.15) is 0 Å². The summed E-state index contributed by atoms with van der Waals surface area (Å²) in [6, 6.07) is 29.2. The molecule has 0 atom stereocenters. The van der Waals surface area contributed by atoms with Crippen LogP contribution in [0.15, 0.2) is 85.3 Å². The molecule has 183 valence electrons. The quantitative estimate of drug-likeness (QED) is 0.189. The van der Waals surface area contributed by atoms with E-state index in [2.05, 4.69) is 42.4 Å². The van der Waals surface area contributed by atoms with Crippen molar-refractivity contribution in [2.24, 2.45) is 0 Å². The number of imidazole rings is 1. The van der Waals surface area contributed by atoms with Crippen LogP contribution in [-0.4, -0.2) is 14.5 Å². The van der Waals surface area contributed by atoms with Gasteiger partial charge in [0, 0.05) is 50.9 Å². The van der Waals surface area contributed by atoms with Crippen LogP contribution in [0.2, 0.25) is 0 Å². The number of rotatable bonds is 2. The first-order valence-corrected chi connectivity index (χ1v) is 11.5. The van der Waals surface area contributed by atoms with E-state index in [1.807, 2.05) is 73.1 Å². The zero-order valence-electron chi connectivity index (χ0n) is 20.0. The van der Waals surface area contributed by atoms with Gasteiger partial charge in [-0.1, -0.05) is 47.5 Å². The molecule has 6 rings (SSSR count). The SMILES string of the molecule is [C-]#[N+]c1cc(C#N)[c-]c(-c2cc(-c3ccccc3)ccn2)c1[N+]#[C-].[Ir].[c-]1cccc2c1-c1nccn1CC2. The van der Waals surface area contributed by atoms with Crippen LogP contribution in [0.25, 0.3) is 43.5 Å². The van der Waals surface area contributed by atoms with Crippen LogP contribution >= 0.6 is 0 Å². The average Bonchev–Trinajstić information content (AvgIpc) is 3.47. The summed E-state index contributed by atoms with van der Waals surface area (Å²) in [6.45, 7) is 15.6. The normalized spacial score (nSPS) is 10.7. The molecule has 1 radical (unpaired) electrons. The molecular weight excluding hydrogens is 649 g/mol. The molecule has 2 aromatic heterocycles. The summed E-state index contributed by atoms with van der Waals surface area (Å²) >= 11 is 0. The molecule has 0 amide bonds. The number of nitrogens with zero attached hydrogens (tertiary/aromatic N) is 6. The molecule has 6 nitrogen and oxygen atoms in total. The molecule has 0 saturated heterocycles. The number of pyridine rings is 1. The van der Waals surface area contributed by atoms with E-state index < -0.39 is 0 Å². The van der Waals surface area contributed by atoms with Gasteiger partial charge in [-0.25, -0.2) is 5.26 Å². The van der Waals surface area contributed by atoms with E-state index in [-0.39, 0.29) is 37.0 Å². The minimum Gasteiger partial charge on any atom is -0.371 e. The summed E-state index contributed by atoms with van der Waals surface area (Å²) < 4.78 is 2.18. The Morgan fingerprint density at radius 1 is 0.921 bits per heavy atom. The van der Waals surface area contributed by atoms with Crippen LogP contribution in [-0.2, 0) is 33.1 Å². The van der Waals surface area contributed by atoms with Gasteiger partial charge in [0.15, 0.2) is 11.4 Å². The summed E-state index contributed by atoms with van der Waals surface area (Å²) in [5.41, 5.74) is 5.92. The van der Waals surface area contributed by atoms with Crippen molar-refractivity contribution in [3.63, 3.8) is 0 Å². The molecule has 0 aliphatic carbocycles. The third-order valence-corrected chi connectivity index (χ3v) is 6.00. The summed E-state index contributed by atoms with van der Waals surface area (Å²) in [7, 11) is 0. The van der Waals surface area contributed by atoms with Crippen LogP contribution in [0.3, 0.4) is 0 Å². The number of aromatic nitrogens is 3. The third-order valence-electron chi connectivity index (χ3n) is 6.00. The topological polar surface area (TPSA) is 63.2 Å². The molecule has 0 spiro atoms. The molecule has 0 unspecified atom stereocenters. The molecule has 5 aromatic rings. The molecule has 0 saturated carbocycles. The van der Waals surface area contributed by atoms with E-state index >= 15 is 0 Å². The van der Waals surface area contributed by atoms with Gasteiger partial charge in [0.25, 0.3) is 0 Å². The molecule has 7 heteroatoms. The Kier molecular flexibility index (Phi) is 8.22. The van der Waals surface area contributed by atoms with E-state index in [0.29, 0.717) is 11.3 Å². The summed E-state index contributed by atoms with van der Waals surface area (Å²) in [4.78, 5) is 15.4. The molecule has 1 aliphatic heterocycles. The monoisotopic (exact) mass is 667 g/mol. The number of fused-ring (bicyclic) bond motifs is 3. The van der Waals surface area contributed by atoms with Crippen LogP contribution in [0, 0.1) is 36.6 Å². The van der Waals surface area contributed by atoms with E-state index in [0.717, 1.165) is 29.9 Å². The summed E-state index contributed by atoms with van der Waals surface area (Å²) in [5.74, 6) is 1.06. The van der Waals surface area contributed by atoms with Crippen molar-refractivity contribution >= 4 is 11.4 Å². The Bertz CT molecular complexity index is 1720. The molecular formula is C31H18IrN6-2. The zero-order valence-corrected chi connectivity index (χ0v) is 22.4. The van der Waals surface area contributed by atoms with Crippen molar-refractivity contribution in [1.29, 1.82) is 5.26 Å². The van der Waals surface area contributed by atoms with Crippen molar-refractivity contribution in [3.05, 3.63) is 131 Å². The molecule has 3 aromatic carbocycles. The fraction of sp³-hybridized carbons (Fsp3) is 0.0645. The molecule has 0 bridgehead atoms. The Morgan fingerprint density at radius 3 is 2.53 bits per heavy atom. The number of benzene rings is 3. The number of nitriles is 1. The van der Waals surface area contributed by atoms with Crippen LogP contribution < -0.4 is 0 Å². The number of aryl methyl sites for hydroxylation is 2. The Balaban J connectivity index is 0.000000201. The first-order chi connectivity index (χ1) is 18.2. The Labute approximate surface area is 234 Å². The van der Waals surface area contributed by atoms with Crippen LogP contribution in [0.5, 0.6) is 0 Å². The summed E-state index contributed by atoms with van der Waals surface area (Å²) in [5, 5.41) is 9.14. The third kappa shape index (κ3) is 5.29. The van der Waals surface area contributed by atoms with Gasteiger partial charge >= 0.3 is 0 Å². The van der Waals surface area contributed by atoms with Crippen molar-refractivity contribution in [3.8, 4) is 39.8 Å². The van der Waals surface area contributed by atoms with Crippen molar-refractivity contribution in [1.82, 2.24) is 14.5 Å². The number of hydrogen-bond acceptors (Lipinski definition) is 3. The maximum Gasteiger partial charge on any atom is 0.181 e. The van der Waals surface area contributed by atoms with Gasteiger partial charge in [-0.2, -0.15) is 0 Å². The van der Waals surface area contributed by atoms with Crippen molar-refractivity contribution in [2.75, 3.05) is 0 Å². The van der Waals surface area contributed by atoms with E-state index in [1.54, 1.807) is 6.20 Å². The average molecular weight is 667 g/mol. The van der Waals surface area contributed by atoms with Crippen molar-refractivity contribution < 1.29 is 20.1 Å². The standard InChI is InChI=1S/C20H9N4.C11H9N2.Ir/c1-22-19-11-14(13-21)10-17(20(19)23-2)18-12-16(8-9-24-18)15-6-4-3-5-7-15;1-2-4-10-9(3-1)5-7-13-8-6-12-11(10)13;/h3-9,11-12H;1-3,6,8H,5,7H2;/q2*-1;. The molecule has 0 fully saturated rings. The second kappa shape index (κ2) is 11.9. The predicted octanol–water partition coefficient (Wildman–Crippen LogP) is 7.09. The van der Waals surface area contributed by atoms with Gasteiger partial charge in [0.2, 0.25) is 0 Å². The molecule has 0 N–H and O–H groups in total. The first-order valence-electron chi connectivity index (χ1n) is 11.5. The molecule has 38 heavy (non-hydrogen) atoms. The second-order valence-electron chi connectivity index (χ2n) is 8.19. The minimum absolute atomic E-state index is 0. The van der Waals surface area contributed by atoms with Gasteiger partial charge in [-0.3, -0.25) is 19.7 Å². The van der Waals surface area contributed by atoms with Gasteiger partial charge in [0.05, 0.1) is 19.0 Å². The molecule has 1 aliphatic rings. The predicted molar refractivity (Wildman–Crippen MR) is 141 cm³/mol. The largest absolute Gasteiger partial charge is 0.371 e. The minimum atomic E-state index is 0. The van der Waals surface area contributed by atoms with E-state index in [1.165, 1.54) is 17.2 Å². The summed E-state index contributed by atoms with van der Waals surface area (Å²) in [6.07, 6.45) is 6.62. The van der Waals surface area contributed by atoms with Gasteiger partial charge in [-0.05, 0) is 29.7 Å².